The largest absolute Gasteiger partial charge is 0.445 e. The van der Waals surface area contributed by atoms with Crippen LogP contribution in [0.15, 0.2) is 66.7 Å². The topological polar surface area (TPSA) is 38.3 Å². The summed E-state index contributed by atoms with van der Waals surface area (Å²) >= 11 is 0. The van der Waals surface area contributed by atoms with Crippen LogP contribution in [0.3, 0.4) is 0 Å². The molecule has 23 heavy (non-hydrogen) atoms. The van der Waals surface area contributed by atoms with Crippen LogP contribution >= 0.6 is 0 Å². The first-order valence-corrected chi connectivity index (χ1v) is 8.04. The molecule has 1 amide bonds. The molecule has 0 saturated heterocycles. The standard InChI is InChI=1S/C20H21NO2/c22-20(23-15-16-8-3-1-4-9-16)21-19-13-7-12-18(14-19)17-10-5-2-6-11-17/h1-6,8-11,14,19H,7,12-13,15H2,(H,21,22). The molecule has 0 aromatic heterocycles. The first-order valence-electron chi connectivity index (χ1n) is 8.04. The number of carbonyl (C=O) groups is 1. The minimum atomic E-state index is -0.357. The van der Waals surface area contributed by atoms with E-state index in [0.717, 1.165) is 24.8 Å². The SMILES string of the molecule is O=C(NC1C=C(c2ccccc2)CCC1)OCc1ccccc1. The fourth-order valence-electron chi connectivity index (χ4n) is 2.84. The van der Waals surface area contributed by atoms with Crippen molar-refractivity contribution in [2.75, 3.05) is 0 Å². The third-order valence-electron chi connectivity index (χ3n) is 4.02. The number of ether oxygens (including phenoxy) is 1. The first-order chi connectivity index (χ1) is 11.3. The van der Waals surface area contributed by atoms with Crippen LogP contribution in [-0.4, -0.2) is 12.1 Å². The summed E-state index contributed by atoms with van der Waals surface area (Å²) in [5.74, 6) is 0. The summed E-state index contributed by atoms with van der Waals surface area (Å²) in [6.45, 7) is 0.300. The number of benzene rings is 2. The maximum absolute atomic E-state index is 12.0. The molecule has 1 N–H and O–H groups in total. The van der Waals surface area contributed by atoms with Gasteiger partial charge in [-0.25, -0.2) is 4.79 Å². The molecule has 2 aromatic carbocycles. The number of rotatable bonds is 4. The zero-order valence-corrected chi connectivity index (χ0v) is 13.1. The van der Waals surface area contributed by atoms with Crippen LogP contribution < -0.4 is 5.32 Å². The minimum Gasteiger partial charge on any atom is -0.445 e. The Kier molecular flexibility index (Phi) is 5.09. The van der Waals surface area contributed by atoms with Crippen LogP contribution in [0.5, 0.6) is 0 Å². The molecule has 3 rings (SSSR count). The van der Waals surface area contributed by atoms with Crippen LogP contribution in [0.4, 0.5) is 4.79 Å². The Hall–Kier alpha value is -2.55. The van der Waals surface area contributed by atoms with Crippen LogP contribution in [0.1, 0.15) is 30.4 Å². The third-order valence-corrected chi connectivity index (χ3v) is 4.02. The fourth-order valence-corrected chi connectivity index (χ4v) is 2.84. The molecular formula is C20H21NO2. The number of carbonyl (C=O) groups excluding carboxylic acids is 1. The molecule has 0 spiro atoms. The summed E-state index contributed by atoms with van der Waals surface area (Å²) in [6.07, 6.45) is 4.88. The van der Waals surface area contributed by atoms with Gasteiger partial charge in [0, 0.05) is 0 Å². The van der Waals surface area contributed by atoms with Crippen LogP contribution in [0.2, 0.25) is 0 Å². The number of hydrogen-bond acceptors (Lipinski definition) is 2. The highest BCUT2D eigenvalue weighted by Crippen LogP contribution is 2.26. The van der Waals surface area contributed by atoms with Gasteiger partial charge in [0.2, 0.25) is 0 Å². The van der Waals surface area contributed by atoms with Gasteiger partial charge < -0.3 is 10.1 Å². The molecule has 0 heterocycles. The minimum absolute atomic E-state index is 0.0437. The van der Waals surface area contributed by atoms with Gasteiger partial charge in [-0.05, 0) is 36.0 Å². The number of nitrogens with one attached hydrogen (secondary N) is 1. The molecule has 0 bridgehead atoms. The number of amides is 1. The molecule has 0 fully saturated rings. The molecule has 1 aliphatic carbocycles. The van der Waals surface area contributed by atoms with Crippen molar-refractivity contribution in [3.05, 3.63) is 77.9 Å². The normalized spacial score (nSPS) is 17.2. The summed E-state index contributed by atoms with van der Waals surface area (Å²) in [6, 6.07) is 20.1. The smallest absolute Gasteiger partial charge is 0.407 e. The summed E-state index contributed by atoms with van der Waals surface area (Å²) < 4.78 is 5.29. The zero-order valence-electron chi connectivity index (χ0n) is 13.1. The Balaban J connectivity index is 1.56. The van der Waals surface area contributed by atoms with Crippen LogP contribution in [-0.2, 0) is 11.3 Å². The first kappa shape index (κ1) is 15.3. The van der Waals surface area contributed by atoms with E-state index in [2.05, 4.69) is 23.5 Å². The predicted molar refractivity (Wildman–Crippen MR) is 91.8 cm³/mol. The molecule has 0 radical (unpaired) electrons. The third kappa shape index (κ3) is 4.46. The highest BCUT2D eigenvalue weighted by atomic mass is 16.5. The highest BCUT2D eigenvalue weighted by Gasteiger charge is 2.17. The zero-order chi connectivity index (χ0) is 15.9. The molecule has 3 nitrogen and oxygen atoms in total. The second kappa shape index (κ2) is 7.63. The lowest BCUT2D eigenvalue weighted by atomic mass is 9.91. The summed E-state index contributed by atoms with van der Waals surface area (Å²) in [5, 5.41) is 2.95. The average Bonchev–Trinajstić information content (AvgIpc) is 2.62. The molecule has 1 aliphatic rings. The summed E-state index contributed by atoms with van der Waals surface area (Å²) in [7, 11) is 0. The Morgan fingerprint density at radius 1 is 1.04 bits per heavy atom. The van der Waals surface area contributed by atoms with Gasteiger partial charge in [0.1, 0.15) is 6.61 Å². The van der Waals surface area contributed by atoms with E-state index in [4.69, 9.17) is 4.74 Å². The Bertz CT molecular complexity index is 665. The maximum atomic E-state index is 12.0. The van der Waals surface area contributed by atoms with Gasteiger partial charge in [0.05, 0.1) is 6.04 Å². The molecule has 0 saturated carbocycles. The average molecular weight is 307 g/mol. The Morgan fingerprint density at radius 3 is 2.48 bits per heavy atom. The highest BCUT2D eigenvalue weighted by molar-refractivity contribution is 5.71. The number of alkyl carbamates (subject to hydrolysis) is 1. The van der Waals surface area contributed by atoms with Gasteiger partial charge >= 0.3 is 6.09 Å². The summed E-state index contributed by atoms with van der Waals surface area (Å²) in [4.78, 5) is 12.0. The monoisotopic (exact) mass is 307 g/mol. The van der Waals surface area contributed by atoms with E-state index in [0.29, 0.717) is 6.61 Å². The van der Waals surface area contributed by atoms with Crippen LogP contribution in [0, 0.1) is 0 Å². The molecular weight excluding hydrogens is 286 g/mol. The van der Waals surface area contributed by atoms with Crippen molar-refractivity contribution in [3.63, 3.8) is 0 Å². The van der Waals surface area contributed by atoms with Crippen molar-refractivity contribution in [2.45, 2.75) is 31.9 Å². The van der Waals surface area contributed by atoms with Crippen molar-refractivity contribution < 1.29 is 9.53 Å². The van der Waals surface area contributed by atoms with E-state index in [1.807, 2.05) is 48.5 Å². The Morgan fingerprint density at radius 2 is 1.74 bits per heavy atom. The Labute approximate surface area is 137 Å². The second-order valence-electron chi connectivity index (χ2n) is 5.76. The van der Waals surface area contributed by atoms with E-state index in [-0.39, 0.29) is 12.1 Å². The van der Waals surface area contributed by atoms with Crippen molar-refractivity contribution >= 4 is 11.7 Å². The van der Waals surface area contributed by atoms with Gasteiger partial charge in [-0.2, -0.15) is 0 Å². The number of allylic oxidation sites excluding steroid dienone is 1. The predicted octanol–water partition coefficient (Wildman–Crippen LogP) is 4.55. The lowest BCUT2D eigenvalue weighted by Crippen LogP contribution is -2.35. The van der Waals surface area contributed by atoms with Gasteiger partial charge in [-0.1, -0.05) is 66.7 Å². The van der Waals surface area contributed by atoms with Crippen molar-refractivity contribution in [3.8, 4) is 0 Å². The van der Waals surface area contributed by atoms with Gasteiger partial charge in [-0.15, -0.1) is 0 Å². The number of hydrogen-bond donors (Lipinski definition) is 1. The molecule has 0 aliphatic heterocycles. The maximum Gasteiger partial charge on any atom is 0.407 e. The molecule has 2 aromatic rings. The van der Waals surface area contributed by atoms with E-state index >= 15 is 0 Å². The van der Waals surface area contributed by atoms with Crippen molar-refractivity contribution in [1.82, 2.24) is 5.32 Å². The van der Waals surface area contributed by atoms with E-state index in [9.17, 15) is 4.79 Å². The van der Waals surface area contributed by atoms with Gasteiger partial charge in [0.15, 0.2) is 0 Å². The quantitative estimate of drug-likeness (QED) is 0.900. The van der Waals surface area contributed by atoms with E-state index in [1.54, 1.807) is 0 Å². The van der Waals surface area contributed by atoms with Crippen LogP contribution in [0.25, 0.3) is 5.57 Å². The fraction of sp³-hybridized carbons (Fsp3) is 0.250. The second-order valence-corrected chi connectivity index (χ2v) is 5.76. The lowest BCUT2D eigenvalue weighted by Gasteiger charge is -2.22. The van der Waals surface area contributed by atoms with Gasteiger partial charge in [-0.3, -0.25) is 0 Å². The molecule has 118 valence electrons. The molecule has 3 heteroatoms. The molecule has 1 atom stereocenters. The van der Waals surface area contributed by atoms with E-state index in [1.165, 1.54) is 11.1 Å². The summed E-state index contributed by atoms with van der Waals surface area (Å²) in [5.41, 5.74) is 3.52. The van der Waals surface area contributed by atoms with Crippen molar-refractivity contribution in [1.29, 1.82) is 0 Å². The van der Waals surface area contributed by atoms with Crippen molar-refractivity contribution in [2.24, 2.45) is 0 Å². The van der Waals surface area contributed by atoms with E-state index < -0.39 is 0 Å². The van der Waals surface area contributed by atoms with Gasteiger partial charge in [0.25, 0.3) is 0 Å². The molecule has 1 unspecified atom stereocenters. The lowest BCUT2D eigenvalue weighted by molar-refractivity contribution is 0.137.